The summed E-state index contributed by atoms with van der Waals surface area (Å²) in [6.45, 7) is 4.76. The standard InChI is InChI=1S/C17H22N2O/c1-12-9-10-16(13(12)2)19-17(20)15-8-4-3-6-14(15)7-5-11-18/h3-4,6,8,12-13,16H,9-11,18H2,1-2H3,(H,19,20). The number of hydrogen-bond donors (Lipinski definition) is 2. The van der Waals surface area contributed by atoms with E-state index in [1.165, 1.54) is 6.42 Å². The van der Waals surface area contributed by atoms with Gasteiger partial charge in [-0.25, -0.2) is 0 Å². The van der Waals surface area contributed by atoms with Gasteiger partial charge in [0.05, 0.1) is 12.1 Å². The summed E-state index contributed by atoms with van der Waals surface area (Å²) in [6, 6.07) is 7.70. The lowest BCUT2D eigenvalue weighted by atomic mass is 9.97. The molecule has 0 aliphatic heterocycles. The fraction of sp³-hybridized carbons (Fsp3) is 0.471. The molecule has 1 fully saturated rings. The molecule has 106 valence electrons. The lowest BCUT2D eigenvalue weighted by molar-refractivity contribution is 0.0927. The average molecular weight is 270 g/mol. The highest BCUT2D eigenvalue weighted by Gasteiger charge is 2.31. The predicted molar refractivity (Wildman–Crippen MR) is 81.2 cm³/mol. The summed E-state index contributed by atoms with van der Waals surface area (Å²) < 4.78 is 0. The SMILES string of the molecule is CC1CCC(NC(=O)c2ccccc2C#CCN)C1C. The molecule has 0 spiro atoms. The Morgan fingerprint density at radius 1 is 1.35 bits per heavy atom. The number of nitrogens with one attached hydrogen (secondary N) is 1. The highest BCUT2D eigenvalue weighted by atomic mass is 16.1. The van der Waals surface area contributed by atoms with Gasteiger partial charge in [0.25, 0.3) is 5.91 Å². The molecule has 0 heterocycles. The zero-order valence-corrected chi connectivity index (χ0v) is 12.1. The average Bonchev–Trinajstić information content (AvgIpc) is 2.77. The third-order valence-corrected chi connectivity index (χ3v) is 4.28. The second kappa shape index (κ2) is 6.58. The summed E-state index contributed by atoms with van der Waals surface area (Å²) in [7, 11) is 0. The fourth-order valence-corrected chi connectivity index (χ4v) is 2.75. The Labute approximate surface area is 120 Å². The summed E-state index contributed by atoms with van der Waals surface area (Å²) in [4.78, 5) is 12.4. The maximum Gasteiger partial charge on any atom is 0.252 e. The molecule has 2 rings (SSSR count). The van der Waals surface area contributed by atoms with E-state index in [1.807, 2.05) is 24.3 Å². The Hall–Kier alpha value is -1.79. The maximum absolute atomic E-state index is 12.4. The highest BCUT2D eigenvalue weighted by Crippen LogP contribution is 2.31. The van der Waals surface area contributed by atoms with Crippen molar-refractivity contribution >= 4 is 5.91 Å². The van der Waals surface area contributed by atoms with Crippen LogP contribution in [-0.4, -0.2) is 18.5 Å². The molecule has 3 atom stereocenters. The van der Waals surface area contributed by atoms with Crippen molar-refractivity contribution < 1.29 is 4.79 Å². The van der Waals surface area contributed by atoms with Crippen LogP contribution in [0.2, 0.25) is 0 Å². The number of rotatable bonds is 2. The van der Waals surface area contributed by atoms with Crippen LogP contribution >= 0.6 is 0 Å². The molecule has 1 aromatic carbocycles. The second-order valence-electron chi connectivity index (χ2n) is 5.55. The van der Waals surface area contributed by atoms with Gasteiger partial charge in [0.15, 0.2) is 0 Å². The fourth-order valence-electron chi connectivity index (χ4n) is 2.75. The summed E-state index contributed by atoms with van der Waals surface area (Å²) in [5, 5.41) is 3.15. The molecule has 1 saturated carbocycles. The molecule has 3 heteroatoms. The zero-order chi connectivity index (χ0) is 14.5. The quantitative estimate of drug-likeness (QED) is 0.809. The van der Waals surface area contributed by atoms with E-state index in [0.717, 1.165) is 12.0 Å². The molecule has 0 bridgehead atoms. The molecular weight excluding hydrogens is 248 g/mol. The van der Waals surface area contributed by atoms with E-state index in [9.17, 15) is 4.79 Å². The van der Waals surface area contributed by atoms with Crippen molar-refractivity contribution in [1.29, 1.82) is 0 Å². The van der Waals surface area contributed by atoms with Gasteiger partial charge in [-0.1, -0.05) is 37.8 Å². The van der Waals surface area contributed by atoms with Crippen molar-refractivity contribution in [3.05, 3.63) is 35.4 Å². The van der Waals surface area contributed by atoms with Crippen LogP contribution in [0.3, 0.4) is 0 Å². The Balaban J connectivity index is 2.13. The van der Waals surface area contributed by atoms with Crippen LogP contribution < -0.4 is 11.1 Å². The van der Waals surface area contributed by atoms with E-state index >= 15 is 0 Å². The lowest BCUT2D eigenvalue weighted by Crippen LogP contribution is -2.37. The largest absolute Gasteiger partial charge is 0.349 e. The van der Waals surface area contributed by atoms with Gasteiger partial charge < -0.3 is 11.1 Å². The third-order valence-electron chi connectivity index (χ3n) is 4.28. The number of carbonyl (C=O) groups excluding carboxylic acids is 1. The first-order chi connectivity index (χ1) is 9.63. The summed E-state index contributed by atoms with van der Waals surface area (Å²) in [6.07, 6.45) is 2.24. The van der Waals surface area contributed by atoms with Gasteiger partial charge in [0.2, 0.25) is 0 Å². The van der Waals surface area contributed by atoms with E-state index in [1.54, 1.807) is 0 Å². The van der Waals surface area contributed by atoms with Crippen molar-refractivity contribution in [3.8, 4) is 11.8 Å². The van der Waals surface area contributed by atoms with Crippen LogP contribution in [0.4, 0.5) is 0 Å². The predicted octanol–water partition coefficient (Wildman–Crippen LogP) is 2.16. The topological polar surface area (TPSA) is 55.1 Å². The van der Waals surface area contributed by atoms with Gasteiger partial charge in [-0.3, -0.25) is 4.79 Å². The highest BCUT2D eigenvalue weighted by molar-refractivity contribution is 5.96. The molecule has 0 saturated heterocycles. The first-order valence-electron chi connectivity index (χ1n) is 7.22. The molecule has 1 aliphatic carbocycles. The van der Waals surface area contributed by atoms with Crippen LogP contribution in [-0.2, 0) is 0 Å². The minimum absolute atomic E-state index is 0.0297. The van der Waals surface area contributed by atoms with Crippen molar-refractivity contribution in [3.63, 3.8) is 0 Å². The normalized spacial score (nSPS) is 24.9. The summed E-state index contributed by atoms with van der Waals surface area (Å²) in [5.41, 5.74) is 6.78. The van der Waals surface area contributed by atoms with Crippen molar-refractivity contribution in [2.45, 2.75) is 32.7 Å². The van der Waals surface area contributed by atoms with Gasteiger partial charge in [0, 0.05) is 11.6 Å². The first kappa shape index (κ1) is 14.6. The second-order valence-corrected chi connectivity index (χ2v) is 5.55. The van der Waals surface area contributed by atoms with E-state index in [-0.39, 0.29) is 11.9 Å². The van der Waals surface area contributed by atoms with Crippen LogP contribution in [0, 0.1) is 23.7 Å². The van der Waals surface area contributed by atoms with Crippen LogP contribution in [0.5, 0.6) is 0 Å². The molecule has 3 N–H and O–H groups in total. The number of nitrogens with two attached hydrogens (primary N) is 1. The number of hydrogen-bond acceptors (Lipinski definition) is 2. The van der Waals surface area contributed by atoms with E-state index in [0.29, 0.717) is 23.9 Å². The molecule has 0 aromatic heterocycles. The Bertz CT molecular complexity index is 541. The zero-order valence-electron chi connectivity index (χ0n) is 12.1. The van der Waals surface area contributed by atoms with Gasteiger partial charge in [-0.15, -0.1) is 0 Å². The van der Waals surface area contributed by atoms with Gasteiger partial charge >= 0.3 is 0 Å². The molecule has 20 heavy (non-hydrogen) atoms. The van der Waals surface area contributed by atoms with Gasteiger partial charge in [-0.2, -0.15) is 0 Å². The Morgan fingerprint density at radius 3 is 2.75 bits per heavy atom. The Morgan fingerprint density at radius 2 is 2.10 bits per heavy atom. The minimum atomic E-state index is -0.0297. The molecule has 1 aromatic rings. The van der Waals surface area contributed by atoms with E-state index < -0.39 is 0 Å². The summed E-state index contributed by atoms with van der Waals surface area (Å²) in [5.74, 6) is 6.94. The molecule has 1 amide bonds. The smallest absolute Gasteiger partial charge is 0.252 e. The molecule has 3 unspecified atom stereocenters. The maximum atomic E-state index is 12.4. The van der Waals surface area contributed by atoms with Crippen molar-refractivity contribution in [1.82, 2.24) is 5.32 Å². The van der Waals surface area contributed by atoms with Crippen LogP contribution in [0.1, 0.15) is 42.6 Å². The van der Waals surface area contributed by atoms with Crippen molar-refractivity contribution in [2.24, 2.45) is 17.6 Å². The summed E-state index contributed by atoms with van der Waals surface area (Å²) >= 11 is 0. The molecular formula is C17H22N2O. The molecule has 1 aliphatic rings. The monoisotopic (exact) mass is 270 g/mol. The first-order valence-corrected chi connectivity index (χ1v) is 7.22. The third kappa shape index (κ3) is 3.20. The minimum Gasteiger partial charge on any atom is -0.349 e. The number of carbonyl (C=O) groups is 1. The van der Waals surface area contributed by atoms with Crippen molar-refractivity contribution in [2.75, 3.05) is 6.54 Å². The van der Waals surface area contributed by atoms with E-state index in [2.05, 4.69) is 31.0 Å². The van der Waals surface area contributed by atoms with Crippen LogP contribution in [0.15, 0.2) is 24.3 Å². The lowest BCUT2D eigenvalue weighted by Gasteiger charge is -2.20. The number of amides is 1. The van der Waals surface area contributed by atoms with Gasteiger partial charge in [-0.05, 0) is 36.8 Å². The van der Waals surface area contributed by atoms with Gasteiger partial charge in [0.1, 0.15) is 0 Å². The number of benzene rings is 1. The Kier molecular flexibility index (Phi) is 4.81. The van der Waals surface area contributed by atoms with Crippen LogP contribution in [0.25, 0.3) is 0 Å². The van der Waals surface area contributed by atoms with E-state index in [4.69, 9.17) is 5.73 Å². The molecule has 3 nitrogen and oxygen atoms in total. The molecule has 0 radical (unpaired) electrons.